The van der Waals surface area contributed by atoms with Gasteiger partial charge in [0.2, 0.25) is 5.91 Å². The Morgan fingerprint density at radius 2 is 1.80 bits per heavy atom. The van der Waals surface area contributed by atoms with Crippen molar-refractivity contribution in [3.63, 3.8) is 0 Å². The van der Waals surface area contributed by atoms with Crippen molar-refractivity contribution >= 4 is 5.91 Å². The zero-order valence-corrected chi connectivity index (χ0v) is 12.6. The highest BCUT2D eigenvalue weighted by atomic mass is 16.2. The number of aryl methyl sites for hydroxylation is 1. The molecule has 1 aromatic carbocycles. The van der Waals surface area contributed by atoms with Gasteiger partial charge in [0.25, 0.3) is 0 Å². The van der Waals surface area contributed by atoms with Crippen LogP contribution in [0.1, 0.15) is 18.1 Å². The van der Waals surface area contributed by atoms with Gasteiger partial charge >= 0.3 is 0 Å². The number of rotatable bonds is 5. The Bertz CT molecular complexity index is 424. The van der Waals surface area contributed by atoms with Crippen LogP contribution in [0.4, 0.5) is 0 Å². The first kappa shape index (κ1) is 15.0. The van der Waals surface area contributed by atoms with E-state index in [1.165, 1.54) is 11.1 Å². The lowest BCUT2D eigenvalue weighted by molar-refractivity contribution is -0.131. The van der Waals surface area contributed by atoms with Crippen molar-refractivity contribution in [1.29, 1.82) is 0 Å². The number of nitrogens with one attached hydrogen (secondary N) is 1. The molecule has 0 unspecified atom stereocenters. The Hall–Kier alpha value is -1.39. The summed E-state index contributed by atoms with van der Waals surface area (Å²) >= 11 is 0. The Labute approximate surface area is 121 Å². The Balaban J connectivity index is 1.83. The smallest absolute Gasteiger partial charge is 0.236 e. The highest BCUT2D eigenvalue weighted by molar-refractivity contribution is 5.78. The molecule has 1 saturated heterocycles. The third-order valence-electron chi connectivity index (χ3n) is 3.85. The summed E-state index contributed by atoms with van der Waals surface area (Å²) in [4.78, 5) is 16.2. The van der Waals surface area contributed by atoms with Gasteiger partial charge in [-0.3, -0.25) is 9.69 Å². The molecule has 1 aliphatic rings. The largest absolute Gasteiger partial charge is 0.340 e. The highest BCUT2D eigenvalue weighted by Crippen LogP contribution is 2.08. The molecule has 0 spiro atoms. The van der Waals surface area contributed by atoms with Crippen molar-refractivity contribution in [3.05, 3.63) is 35.4 Å². The van der Waals surface area contributed by atoms with Crippen molar-refractivity contribution in [2.24, 2.45) is 0 Å². The van der Waals surface area contributed by atoms with Crippen LogP contribution >= 0.6 is 0 Å². The minimum atomic E-state index is 0.200. The molecule has 1 amide bonds. The van der Waals surface area contributed by atoms with Gasteiger partial charge in [0, 0.05) is 39.8 Å². The van der Waals surface area contributed by atoms with Gasteiger partial charge in [-0.1, -0.05) is 31.2 Å². The molecule has 1 aliphatic heterocycles. The van der Waals surface area contributed by atoms with E-state index < -0.39 is 0 Å². The molecule has 2 rings (SSSR count). The summed E-state index contributed by atoms with van der Waals surface area (Å²) in [7, 11) is 1.89. The molecule has 0 aliphatic carbocycles. The Kier molecular flexibility index (Phi) is 5.56. The number of nitrogens with zero attached hydrogens (tertiary/aromatic N) is 2. The van der Waals surface area contributed by atoms with Crippen LogP contribution in [0.15, 0.2) is 24.3 Å². The lowest BCUT2D eigenvalue weighted by atomic mass is 10.1. The fraction of sp³-hybridized carbons (Fsp3) is 0.562. The van der Waals surface area contributed by atoms with Gasteiger partial charge in [0.15, 0.2) is 0 Å². The number of piperazine rings is 1. The molecule has 1 aromatic rings. The maximum Gasteiger partial charge on any atom is 0.236 e. The van der Waals surface area contributed by atoms with Crippen molar-refractivity contribution in [2.45, 2.75) is 19.9 Å². The van der Waals surface area contributed by atoms with E-state index in [-0.39, 0.29) is 5.91 Å². The normalized spacial score (nSPS) is 16.1. The fourth-order valence-corrected chi connectivity index (χ4v) is 2.42. The molecule has 0 saturated carbocycles. The third-order valence-corrected chi connectivity index (χ3v) is 3.85. The monoisotopic (exact) mass is 275 g/mol. The number of hydrogen-bond donors (Lipinski definition) is 1. The van der Waals surface area contributed by atoms with Crippen LogP contribution in [0.3, 0.4) is 0 Å². The van der Waals surface area contributed by atoms with E-state index in [4.69, 9.17) is 0 Å². The zero-order valence-electron chi connectivity index (χ0n) is 12.6. The maximum atomic E-state index is 12.2. The maximum absolute atomic E-state index is 12.2. The van der Waals surface area contributed by atoms with E-state index in [0.29, 0.717) is 13.1 Å². The van der Waals surface area contributed by atoms with Crippen molar-refractivity contribution < 1.29 is 4.79 Å². The first-order valence-corrected chi connectivity index (χ1v) is 7.44. The fourth-order valence-electron chi connectivity index (χ4n) is 2.42. The molecule has 4 nitrogen and oxygen atoms in total. The number of carbonyl (C=O) groups excluding carboxylic acids is 1. The van der Waals surface area contributed by atoms with Gasteiger partial charge in [-0.2, -0.15) is 0 Å². The number of amides is 1. The van der Waals surface area contributed by atoms with Crippen LogP contribution in [0.25, 0.3) is 0 Å². The van der Waals surface area contributed by atoms with E-state index in [1.54, 1.807) is 0 Å². The summed E-state index contributed by atoms with van der Waals surface area (Å²) in [5.74, 6) is 0.200. The van der Waals surface area contributed by atoms with Crippen molar-refractivity contribution in [1.82, 2.24) is 15.1 Å². The number of likely N-dealkylation sites (N-methyl/N-ethyl adjacent to an activating group) is 1. The standard InChI is InChI=1S/C16H25N3O/c1-3-14-4-6-15(7-5-14)12-18(2)16(20)13-19-10-8-17-9-11-19/h4-7,17H,3,8-13H2,1-2H3. The average Bonchev–Trinajstić information content (AvgIpc) is 2.49. The zero-order chi connectivity index (χ0) is 14.4. The molecule has 0 bridgehead atoms. The molecule has 4 heteroatoms. The summed E-state index contributed by atoms with van der Waals surface area (Å²) < 4.78 is 0. The van der Waals surface area contributed by atoms with Crippen LogP contribution in [0.5, 0.6) is 0 Å². The summed E-state index contributed by atoms with van der Waals surface area (Å²) in [6.07, 6.45) is 1.05. The molecule has 0 atom stereocenters. The van der Waals surface area contributed by atoms with Gasteiger partial charge in [-0.15, -0.1) is 0 Å². The lowest BCUT2D eigenvalue weighted by Gasteiger charge is -2.28. The van der Waals surface area contributed by atoms with Crippen molar-refractivity contribution in [3.8, 4) is 0 Å². The minimum Gasteiger partial charge on any atom is -0.340 e. The second kappa shape index (κ2) is 7.41. The number of hydrogen-bond acceptors (Lipinski definition) is 3. The van der Waals surface area contributed by atoms with Crippen LogP contribution in [-0.4, -0.2) is 55.5 Å². The molecule has 1 N–H and O–H groups in total. The quantitative estimate of drug-likeness (QED) is 0.874. The molecule has 20 heavy (non-hydrogen) atoms. The van der Waals surface area contributed by atoms with Gasteiger partial charge in [-0.05, 0) is 17.5 Å². The average molecular weight is 275 g/mol. The van der Waals surface area contributed by atoms with Gasteiger partial charge in [0.1, 0.15) is 0 Å². The Morgan fingerprint density at radius 3 is 2.40 bits per heavy atom. The topological polar surface area (TPSA) is 35.6 Å². The van der Waals surface area contributed by atoms with E-state index in [9.17, 15) is 4.79 Å². The molecule has 110 valence electrons. The van der Waals surface area contributed by atoms with Crippen LogP contribution in [0.2, 0.25) is 0 Å². The summed E-state index contributed by atoms with van der Waals surface area (Å²) in [5, 5.41) is 3.30. The summed E-state index contributed by atoms with van der Waals surface area (Å²) in [6, 6.07) is 8.52. The predicted molar refractivity (Wildman–Crippen MR) is 81.6 cm³/mol. The molecule has 0 radical (unpaired) electrons. The van der Waals surface area contributed by atoms with E-state index in [2.05, 4.69) is 41.4 Å². The van der Waals surface area contributed by atoms with Crippen LogP contribution in [-0.2, 0) is 17.8 Å². The summed E-state index contributed by atoms with van der Waals surface area (Å²) in [5.41, 5.74) is 2.53. The highest BCUT2D eigenvalue weighted by Gasteiger charge is 2.16. The molecule has 1 heterocycles. The van der Waals surface area contributed by atoms with E-state index in [1.807, 2.05) is 11.9 Å². The van der Waals surface area contributed by atoms with Crippen LogP contribution < -0.4 is 5.32 Å². The second-order valence-corrected chi connectivity index (χ2v) is 5.45. The van der Waals surface area contributed by atoms with Crippen molar-refractivity contribution in [2.75, 3.05) is 39.8 Å². The molecule has 1 fully saturated rings. The number of benzene rings is 1. The second-order valence-electron chi connectivity index (χ2n) is 5.45. The molecular formula is C16H25N3O. The number of carbonyl (C=O) groups is 1. The molecular weight excluding hydrogens is 250 g/mol. The van der Waals surface area contributed by atoms with E-state index >= 15 is 0 Å². The summed E-state index contributed by atoms with van der Waals surface area (Å²) in [6.45, 7) is 7.26. The SMILES string of the molecule is CCc1ccc(CN(C)C(=O)CN2CCNCC2)cc1. The van der Waals surface area contributed by atoms with E-state index in [0.717, 1.165) is 32.6 Å². The Morgan fingerprint density at radius 1 is 1.20 bits per heavy atom. The minimum absolute atomic E-state index is 0.200. The first-order chi connectivity index (χ1) is 9.69. The van der Waals surface area contributed by atoms with Gasteiger partial charge in [0.05, 0.1) is 6.54 Å². The van der Waals surface area contributed by atoms with Gasteiger partial charge < -0.3 is 10.2 Å². The third kappa shape index (κ3) is 4.32. The molecule has 0 aromatic heterocycles. The predicted octanol–water partition coefficient (Wildman–Crippen LogP) is 1.11. The van der Waals surface area contributed by atoms with Gasteiger partial charge in [-0.25, -0.2) is 0 Å². The first-order valence-electron chi connectivity index (χ1n) is 7.44. The van der Waals surface area contributed by atoms with Crippen LogP contribution in [0, 0.1) is 0 Å². The lowest BCUT2D eigenvalue weighted by Crippen LogP contribution is -2.47.